The molecule has 0 aliphatic carbocycles. The molecular weight excluding hydrogens is 297 g/mol. The van der Waals surface area contributed by atoms with Crippen molar-refractivity contribution in [2.75, 3.05) is 6.61 Å². The van der Waals surface area contributed by atoms with Crippen LogP contribution in [0.1, 0.15) is 13.3 Å². The fraction of sp³-hybridized carbons (Fsp3) is 0.889. The number of carbonyl (C=O) groups excluding carboxylic acids is 1. The lowest BCUT2D eigenvalue weighted by Crippen LogP contribution is -2.64. The van der Waals surface area contributed by atoms with Crippen LogP contribution >= 0.6 is 7.82 Å². The van der Waals surface area contributed by atoms with E-state index in [9.17, 15) is 19.6 Å². The molecule has 118 valence electrons. The van der Waals surface area contributed by atoms with E-state index in [-0.39, 0.29) is 6.42 Å². The van der Waals surface area contributed by atoms with E-state index in [1.165, 1.54) is 6.92 Å². The molecule has 0 aromatic rings. The molecule has 1 amide bonds. The van der Waals surface area contributed by atoms with Crippen molar-refractivity contribution >= 4 is 13.7 Å². The van der Waals surface area contributed by atoms with Crippen LogP contribution in [0.5, 0.6) is 0 Å². The van der Waals surface area contributed by atoms with Crippen LogP contribution < -0.4 is 5.32 Å². The average molecular weight is 315 g/mol. The highest BCUT2D eigenvalue weighted by Crippen LogP contribution is 2.40. The molecule has 0 radical (unpaired) electrons. The summed E-state index contributed by atoms with van der Waals surface area (Å²) in [6.45, 7) is 0.824. The molecule has 0 bridgehead atoms. The third-order valence-corrected chi connectivity index (χ3v) is 3.25. The minimum absolute atomic E-state index is 0.0470. The van der Waals surface area contributed by atoms with Crippen molar-refractivity contribution in [3.63, 3.8) is 0 Å². The Bertz CT molecular complexity index is 386. The second-order valence-electron chi connectivity index (χ2n) is 4.25. The minimum atomic E-state index is -4.96. The van der Waals surface area contributed by atoms with Gasteiger partial charge < -0.3 is 35.2 Å². The van der Waals surface area contributed by atoms with Gasteiger partial charge in [-0.2, -0.15) is 0 Å². The monoisotopic (exact) mass is 315 g/mol. The van der Waals surface area contributed by atoms with Crippen molar-refractivity contribution in [1.82, 2.24) is 5.32 Å². The lowest BCUT2D eigenvalue weighted by molar-refractivity contribution is -0.248. The van der Waals surface area contributed by atoms with Crippen LogP contribution in [0.15, 0.2) is 0 Å². The maximum absolute atomic E-state index is 11.3. The molecule has 1 aliphatic heterocycles. The summed E-state index contributed by atoms with van der Waals surface area (Å²) in [6.07, 6.45) is -6.12. The van der Waals surface area contributed by atoms with Crippen molar-refractivity contribution < 1.29 is 43.7 Å². The molecule has 11 heteroatoms. The van der Waals surface area contributed by atoms with E-state index >= 15 is 0 Å². The number of rotatable bonds is 5. The highest BCUT2D eigenvalue weighted by atomic mass is 31.2. The summed E-state index contributed by atoms with van der Waals surface area (Å²) in [5, 5.41) is 30.8. The lowest BCUT2D eigenvalue weighted by Gasteiger charge is -2.41. The van der Waals surface area contributed by atoms with Crippen molar-refractivity contribution in [2.45, 2.75) is 44.0 Å². The first kappa shape index (κ1) is 17.5. The highest BCUT2D eigenvalue weighted by molar-refractivity contribution is 7.46. The van der Waals surface area contributed by atoms with E-state index in [2.05, 4.69) is 9.84 Å². The van der Waals surface area contributed by atoms with Crippen molar-refractivity contribution in [3.8, 4) is 0 Å². The van der Waals surface area contributed by atoms with Crippen LogP contribution in [0.3, 0.4) is 0 Å². The van der Waals surface area contributed by atoms with Crippen LogP contribution in [0, 0.1) is 0 Å². The Labute approximate surface area is 114 Å². The van der Waals surface area contributed by atoms with Gasteiger partial charge in [-0.3, -0.25) is 9.32 Å². The molecule has 10 nitrogen and oxygen atoms in total. The SMILES string of the molecule is CCC(=O)N[C@H]1[C@@H](OP(=O)(O)O)O[C@H](CO)[C@@H](O)[C@@H]1O. The van der Waals surface area contributed by atoms with Gasteiger partial charge in [-0.1, -0.05) is 6.92 Å². The summed E-state index contributed by atoms with van der Waals surface area (Å²) in [4.78, 5) is 28.9. The number of hydrogen-bond acceptors (Lipinski definition) is 7. The third kappa shape index (κ3) is 4.47. The Kier molecular flexibility index (Phi) is 6.05. The Morgan fingerprint density at radius 1 is 1.35 bits per heavy atom. The summed E-state index contributed by atoms with van der Waals surface area (Å²) < 4.78 is 20.2. The zero-order chi connectivity index (χ0) is 15.5. The second kappa shape index (κ2) is 6.92. The Morgan fingerprint density at radius 3 is 2.40 bits per heavy atom. The first-order valence-corrected chi connectivity index (χ1v) is 7.38. The molecule has 0 aromatic carbocycles. The summed E-state index contributed by atoms with van der Waals surface area (Å²) in [5.41, 5.74) is 0. The number of hydrogen-bond donors (Lipinski definition) is 6. The summed E-state index contributed by atoms with van der Waals surface area (Å²) in [6, 6.07) is -1.38. The van der Waals surface area contributed by atoms with Gasteiger partial charge in [0.15, 0.2) is 6.29 Å². The molecule has 1 aliphatic rings. The fourth-order valence-corrected chi connectivity index (χ4v) is 2.20. The smallest absolute Gasteiger partial charge is 0.394 e. The number of ether oxygens (including phenoxy) is 1. The van der Waals surface area contributed by atoms with Crippen LogP contribution in [0.2, 0.25) is 0 Å². The van der Waals surface area contributed by atoms with Gasteiger partial charge in [-0.15, -0.1) is 0 Å². The quantitative estimate of drug-likeness (QED) is 0.299. The second-order valence-corrected chi connectivity index (χ2v) is 5.44. The standard InChI is InChI=1S/C9H18NO9P/c1-2-5(12)10-6-8(14)7(13)4(3-11)18-9(6)19-20(15,16)17/h4,6-9,11,13-14H,2-3H2,1H3,(H,10,12)(H2,15,16,17)/t4-,6-,7-,8-,9-/m1/s1. The molecule has 1 rings (SSSR count). The maximum Gasteiger partial charge on any atom is 0.472 e. The van der Waals surface area contributed by atoms with Crippen LogP contribution in [-0.2, 0) is 18.6 Å². The van der Waals surface area contributed by atoms with Gasteiger partial charge in [0.05, 0.1) is 6.61 Å². The zero-order valence-electron chi connectivity index (χ0n) is 10.6. The molecule has 0 saturated carbocycles. The molecular formula is C9H18NO9P. The van der Waals surface area contributed by atoms with Crippen LogP contribution in [0.25, 0.3) is 0 Å². The molecule has 1 fully saturated rings. The van der Waals surface area contributed by atoms with Gasteiger partial charge in [0.1, 0.15) is 24.4 Å². The topological polar surface area (TPSA) is 166 Å². The van der Waals surface area contributed by atoms with E-state index in [0.29, 0.717) is 0 Å². The largest absolute Gasteiger partial charge is 0.472 e. The molecule has 0 unspecified atom stereocenters. The van der Waals surface area contributed by atoms with E-state index < -0.39 is 51.0 Å². The Hall–Kier alpha value is -0.580. The minimum Gasteiger partial charge on any atom is -0.394 e. The Balaban J connectivity index is 2.93. The molecule has 20 heavy (non-hydrogen) atoms. The number of phosphoric ester groups is 1. The van der Waals surface area contributed by atoms with E-state index in [0.717, 1.165) is 0 Å². The summed E-state index contributed by atoms with van der Waals surface area (Å²) >= 11 is 0. The number of phosphoric acid groups is 1. The zero-order valence-corrected chi connectivity index (χ0v) is 11.5. The van der Waals surface area contributed by atoms with Gasteiger partial charge >= 0.3 is 7.82 Å². The van der Waals surface area contributed by atoms with Crippen LogP contribution in [0.4, 0.5) is 0 Å². The molecule has 0 aromatic heterocycles. The normalized spacial score (nSPS) is 34.8. The molecule has 1 saturated heterocycles. The van der Waals surface area contributed by atoms with Gasteiger partial charge in [0.25, 0.3) is 0 Å². The number of aliphatic hydroxyl groups is 3. The van der Waals surface area contributed by atoms with Crippen molar-refractivity contribution in [1.29, 1.82) is 0 Å². The lowest BCUT2D eigenvalue weighted by atomic mass is 9.97. The molecule has 1 heterocycles. The number of carbonyl (C=O) groups is 1. The number of aliphatic hydroxyl groups excluding tert-OH is 3. The van der Waals surface area contributed by atoms with Crippen molar-refractivity contribution in [3.05, 3.63) is 0 Å². The van der Waals surface area contributed by atoms with E-state index in [1.807, 2.05) is 0 Å². The van der Waals surface area contributed by atoms with E-state index in [1.54, 1.807) is 0 Å². The molecule has 0 spiro atoms. The third-order valence-electron chi connectivity index (χ3n) is 2.77. The van der Waals surface area contributed by atoms with Crippen LogP contribution in [-0.4, -0.2) is 68.3 Å². The predicted octanol–water partition coefficient (Wildman–Crippen LogP) is -2.57. The fourth-order valence-electron chi connectivity index (χ4n) is 1.75. The summed E-state index contributed by atoms with van der Waals surface area (Å²) in [5.74, 6) is -0.536. The maximum atomic E-state index is 11.3. The van der Waals surface area contributed by atoms with Gasteiger partial charge in [-0.05, 0) is 0 Å². The number of nitrogens with one attached hydrogen (secondary N) is 1. The number of amides is 1. The van der Waals surface area contributed by atoms with E-state index in [4.69, 9.17) is 19.6 Å². The molecule has 6 N–H and O–H groups in total. The van der Waals surface area contributed by atoms with Gasteiger partial charge in [-0.25, -0.2) is 4.57 Å². The molecule has 5 atom stereocenters. The van der Waals surface area contributed by atoms with Crippen molar-refractivity contribution in [2.24, 2.45) is 0 Å². The predicted molar refractivity (Wildman–Crippen MR) is 63.1 cm³/mol. The summed E-state index contributed by atoms with van der Waals surface area (Å²) in [7, 11) is -4.96. The van der Waals surface area contributed by atoms with Gasteiger partial charge in [0.2, 0.25) is 5.91 Å². The first-order valence-electron chi connectivity index (χ1n) is 5.85. The van der Waals surface area contributed by atoms with Gasteiger partial charge in [0, 0.05) is 6.42 Å². The average Bonchev–Trinajstić information content (AvgIpc) is 2.36. The Morgan fingerprint density at radius 2 is 1.95 bits per heavy atom. The first-order chi connectivity index (χ1) is 9.19. The highest BCUT2D eigenvalue weighted by Gasteiger charge is 2.47.